The SMILES string of the molecule is CCc1cc(C(CCc2ccccc2)NC)n(C)n1. The second-order valence-corrected chi connectivity index (χ2v) is 4.90. The molecule has 0 aliphatic heterocycles. The number of nitrogens with one attached hydrogen (secondary N) is 1. The molecule has 1 aromatic heterocycles. The third kappa shape index (κ3) is 3.44. The Bertz CT molecular complexity index is 502. The first-order chi connectivity index (χ1) is 9.24. The van der Waals surface area contributed by atoms with Crippen LogP contribution >= 0.6 is 0 Å². The zero-order valence-electron chi connectivity index (χ0n) is 12.1. The van der Waals surface area contributed by atoms with E-state index in [0.29, 0.717) is 6.04 Å². The molecule has 102 valence electrons. The molecule has 2 aromatic rings. The van der Waals surface area contributed by atoms with E-state index in [1.54, 1.807) is 0 Å². The van der Waals surface area contributed by atoms with Crippen LogP contribution in [0, 0.1) is 0 Å². The molecule has 3 heteroatoms. The molecule has 0 radical (unpaired) electrons. The van der Waals surface area contributed by atoms with Gasteiger partial charge in [-0.05, 0) is 37.9 Å². The first-order valence-corrected chi connectivity index (χ1v) is 6.98. The highest BCUT2D eigenvalue weighted by Crippen LogP contribution is 2.19. The van der Waals surface area contributed by atoms with Crippen LogP contribution in [0.4, 0.5) is 0 Å². The third-order valence-electron chi connectivity index (χ3n) is 3.60. The van der Waals surface area contributed by atoms with E-state index in [-0.39, 0.29) is 0 Å². The Morgan fingerprint density at radius 1 is 1.26 bits per heavy atom. The second-order valence-electron chi connectivity index (χ2n) is 4.90. The van der Waals surface area contributed by atoms with Crippen LogP contribution in [0.15, 0.2) is 36.4 Å². The van der Waals surface area contributed by atoms with Crippen molar-refractivity contribution in [1.29, 1.82) is 0 Å². The molecular weight excluding hydrogens is 234 g/mol. The average molecular weight is 257 g/mol. The molecule has 0 spiro atoms. The highest BCUT2D eigenvalue weighted by Gasteiger charge is 2.14. The van der Waals surface area contributed by atoms with Gasteiger partial charge in [-0.15, -0.1) is 0 Å². The number of aromatic nitrogens is 2. The summed E-state index contributed by atoms with van der Waals surface area (Å²) in [4.78, 5) is 0. The van der Waals surface area contributed by atoms with E-state index in [2.05, 4.69) is 53.7 Å². The number of hydrogen-bond acceptors (Lipinski definition) is 2. The Balaban J connectivity index is 2.05. The van der Waals surface area contributed by atoms with Crippen molar-refractivity contribution in [2.45, 2.75) is 32.2 Å². The van der Waals surface area contributed by atoms with Crippen molar-refractivity contribution in [2.75, 3.05) is 7.05 Å². The van der Waals surface area contributed by atoms with Gasteiger partial charge >= 0.3 is 0 Å². The first-order valence-electron chi connectivity index (χ1n) is 6.98. The summed E-state index contributed by atoms with van der Waals surface area (Å²) in [6, 6.07) is 13.2. The minimum Gasteiger partial charge on any atom is -0.312 e. The molecule has 0 fully saturated rings. The van der Waals surface area contributed by atoms with Gasteiger partial charge in [-0.2, -0.15) is 5.10 Å². The molecule has 0 aliphatic rings. The van der Waals surface area contributed by atoms with Crippen LogP contribution in [0.3, 0.4) is 0 Å². The fourth-order valence-electron chi connectivity index (χ4n) is 2.44. The molecule has 0 saturated heterocycles. The molecule has 1 aromatic carbocycles. The van der Waals surface area contributed by atoms with E-state index in [0.717, 1.165) is 25.0 Å². The molecule has 1 unspecified atom stereocenters. The molecule has 1 heterocycles. The minimum absolute atomic E-state index is 0.359. The summed E-state index contributed by atoms with van der Waals surface area (Å²) >= 11 is 0. The lowest BCUT2D eigenvalue weighted by atomic mass is 10.0. The maximum atomic E-state index is 4.53. The Morgan fingerprint density at radius 2 is 2.00 bits per heavy atom. The van der Waals surface area contributed by atoms with E-state index < -0.39 is 0 Å². The van der Waals surface area contributed by atoms with Gasteiger partial charge in [0.25, 0.3) is 0 Å². The van der Waals surface area contributed by atoms with Crippen molar-refractivity contribution in [2.24, 2.45) is 7.05 Å². The number of nitrogens with zero attached hydrogens (tertiary/aromatic N) is 2. The smallest absolute Gasteiger partial charge is 0.0625 e. The van der Waals surface area contributed by atoms with Gasteiger partial charge in [0, 0.05) is 13.1 Å². The summed E-state index contributed by atoms with van der Waals surface area (Å²) in [6.45, 7) is 2.14. The maximum Gasteiger partial charge on any atom is 0.0625 e. The van der Waals surface area contributed by atoms with Crippen molar-refractivity contribution in [3.63, 3.8) is 0 Å². The van der Waals surface area contributed by atoms with Gasteiger partial charge in [0.2, 0.25) is 0 Å². The van der Waals surface area contributed by atoms with E-state index in [4.69, 9.17) is 0 Å². The molecule has 0 saturated carbocycles. The van der Waals surface area contributed by atoms with Crippen molar-refractivity contribution >= 4 is 0 Å². The van der Waals surface area contributed by atoms with Crippen molar-refractivity contribution in [3.05, 3.63) is 53.3 Å². The Kier molecular flexibility index (Phi) is 4.74. The Labute approximate surface area is 115 Å². The lowest BCUT2D eigenvalue weighted by Crippen LogP contribution is -2.20. The number of benzene rings is 1. The zero-order valence-corrected chi connectivity index (χ0v) is 12.1. The molecule has 1 N–H and O–H groups in total. The summed E-state index contributed by atoms with van der Waals surface area (Å²) < 4.78 is 2.00. The summed E-state index contributed by atoms with van der Waals surface area (Å²) in [6.07, 6.45) is 3.16. The fraction of sp³-hybridized carbons (Fsp3) is 0.438. The average Bonchev–Trinajstić information content (AvgIpc) is 2.82. The molecule has 2 rings (SSSR count). The normalized spacial score (nSPS) is 12.6. The topological polar surface area (TPSA) is 29.9 Å². The predicted molar refractivity (Wildman–Crippen MR) is 79.1 cm³/mol. The van der Waals surface area contributed by atoms with Gasteiger partial charge in [0.1, 0.15) is 0 Å². The third-order valence-corrected chi connectivity index (χ3v) is 3.60. The molecular formula is C16H23N3. The van der Waals surface area contributed by atoms with Gasteiger partial charge < -0.3 is 5.32 Å². The second kappa shape index (κ2) is 6.53. The van der Waals surface area contributed by atoms with Crippen LogP contribution in [-0.2, 0) is 19.9 Å². The standard InChI is InChI=1S/C16H23N3/c1-4-14-12-16(19(3)18-14)15(17-2)11-10-13-8-6-5-7-9-13/h5-9,12,15,17H,4,10-11H2,1-3H3. The lowest BCUT2D eigenvalue weighted by molar-refractivity contribution is 0.506. The van der Waals surface area contributed by atoms with Crippen LogP contribution < -0.4 is 5.32 Å². The summed E-state index contributed by atoms with van der Waals surface area (Å²) in [5.74, 6) is 0. The predicted octanol–water partition coefficient (Wildman–Crippen LogP) is 2.88. The fourth-order valence-corrected chi connectivity index (χ4v) is 2.44. The van der Waals surface area contributed by atoms with Gasteiger partial charge in [-0.3, -0.25) is 4.68 Å². The van der Waals surface area contributed by atoms with Gasteiger partial charge in [-0.1, -0.05) is 37.3 Å². The van der Waals surface area contributed by atoms with Gasteiger partial charge in [0.05, 0.1) is 11.4 Å². The molecule has 0 amide bonds. The Morgan fingerprint density at radius 3 is 2.58 bits per heavy atom. The number of hydrogen-bond donors (Lipinski definition) is 1. The van der Waals surface area contributed by atoms with Gasteiger partial charge in [-0.25, -0.2) is 0 Å². The van der Waals surface area contributed by atoms with E-state index in [1.165, 1.54) is 11.3 Å². The van der Waals surface area contributed by atoms with Gasteiger partial charge in [0.15, 0.2) is 0 Å². The van der Waals surface area contributed by atoms with Crippen molar-refractivity contribution < 1.29 is 0 Å². The maximum absolute atomic E-state index is 4.53. The van der Waals surface area contributed by atoms with Crippen LogP contribution in [0.1, 0.15) is 36.3 Å². The van der Waals surface area contributed by atoms with E-state index >= 15 is 0 Å². The minimum atomic E-state index is 0.359. The molecule has 1 atom stereocenters. The summed E-state index contributed by atoms with van der Waals surface area (Å²) in [5, 5.41) is 7.94. The first kappa shape index (κ1) is 13.8. The van der Waals surface area contributed by atoms with Crippen LogP contribution in [0.5, 0.6) is 0 Å². The Hall–Kier alpha value is -1.61. The quantitative estimate of drug-likeness (QED) is 0.862. The lowest BCUT2D eigenvalue weighted by Gasteiger charge is -2.16. The monoisotopic (exact) mass is 257 g/mol. The van der Waals surface area contributed by atoms with Crippen LogP contribution in [-0.4, -0.2) is 16.8 Å². The summed E-state index contributed by atoms with van der Waals surface area (Å²) in [7, 11) is 4.05. The molecule has 0 aliphatic carbocycles. The number of aryl methyl sites for hydroxylation is 3. The molecule has 0 bridgehead atoms. The molecule has 3 nitrogen and oxygen atoms in total. The zero-order chi connectivity index (χ0) is 13.7. The largest absolute Gasteiger partial charge is 0.312 e. The van der Waals surface area contributed by atoms with E-state index in [9.17, 15) is 0 Å². The highest BCUT2D eigenvalue weighted by molar-refractivity contribution is 5.17. The molecule has 19 heavy (non-hydrogen) atoms. The van der Waals surface area contributed by atoms with E-state index in [1.807, 2.05) is 18.8 Å². The van der Waals surface area contributed by atoms with Crippen LogP contribution in [0.25, 0.3) is 0 Å². The highest BCUT2D eigenvalue weighted by atomic mass is 15.3. The summed E-state index contributed by atoms with van der Waals surface area (Å²) in [5.41, 5.74) is 3.83. The van der Waals surface area contributed by atoms with Crippen LogP contribution in [0.2, 0.25) is 0 Å². The van der Waals surface area contributed by atoms with Crippen molar-refractivity contribution in [1.82, 2.24) is 15.1 Å². The number of rotatable bonds is 6. The van der Waals surface area contributed by atoms with Crippen molar-refractivity contribution in [3.8, 4) is 0 Å².